The smallest absolute Gasteiger partial charge is 0.137 e. The van der Waals surface area contributed by atoms with Crippen LogP contribution < -0.4 is 5.73 Å². The van der Waals surface area contributed by atoms with Gasteiger partial charge in [-0.1, -0.05) is 37.3 Å². The molecule has 0 aromatic heterocycles. The molecular weight excluding hydrogens is 150 g/mol. The third-order valence-corrected chi connectivity index (χ3v) is 2.06. The van der Waals surface area contributed by atoms with Gasteiger partial charge < -0.3 is 10.5 Å². The van der Waals surface area contributed by atoms with Crippen molar-refractivity contribution in [1.29, 1.82) is 0 Å². The summed E-state index contributed by atoms with van der Waals surface area (Å²) >= 11 is 0. The van der Waals surface area contributed by atoms with Gasteiger partial charge in [0.05, 0.1) is 6.04 Å². The molecule has 2 atom stereocenters. The van der Waals surface area contributed by atoms with Crippen molar-refractivity contribution in [2.45, 2.75) is 18.9 Å². The minimum atomic E-state index is -0.396. The number of hydrogen-bond donors (Lipinski definition) is 1. The van der Waals surface area contributed by atoms with Gasteiger partial charge in [-0.25, -0.2) is 0 Å². The molecule has 12 heavy (non-hydrogen) atoms. The Bertz CT molecular complexity index is 245. The second-order valence-electron chi connectivity index (χ2n) is 2.91. The van der Waals surface area contributed by atoms with E-state index < -0.39 is 6.04 Å². The Labute approximate surface area is 72.4 Å². The highest BCUT2D eigenvalue weighted by molar-refractivity contribution is 5.59. The van der Waals surface area contributed by atoms with Crippen LogP contribution in [0.5, 0.6) is 0 Å². The summed E-state index contributed by atoms with van der Waals surface area (Å²) in [4.78, 5) is 10.4. The van der Waals surface area contributed by atoms with Gasteiger partial charge in [-0.2, -0.15) is 0 Å². The van der Waals surface area contributed by atoms with E-state index in [2.05, 4.69) is 0 Å². The molecule has 2 nitrogen and oxygen atoms in total. The lowest BCUT2D eigenvalue weighted by atomic mass is 9.95. The Morgan fingerprint density at radius 1 is 1.33 bits per heavy atom. The molecule has 0 fully saturated rings. The van der Waals surface area contributed by atoms with E-state index in [0.717, 1.165) is 11.8 Å². The van der Waals surface area contributed by atoms with E-state index in [4.69, 9.17) is 5.73 Å². The van der Waals surface area contributed by atoms with Gasteiger partial charge in [0.1, 0.15) is 6.29 Å². The molecule has 2 N–H and O–H groups in total. The van der Waals surface area contributed by atoms with Gasteiger partial charge in [0.15, 0.2) is 0 Å². The predicted octanol–water partition coefficient (Wildman–Crippen LogP) is 1.32. The maximum atomic E-state index is 10.4. The number of hydrogen-bond acceptors (Lipinski definition) is 2. The first-order valence-electron chi connectivity index (χ1n) is 4.01. The average molecular weight is 163 g/mol. The van der Waals surface area contributed by atoms with Crippen molar-refractivity contribution in [1.82, 2.24) is 0 Å². The lowest BCUT2D eigenvalue weighted by Gasteiger charge is -2.13. The summed E-state index contributed by atoms with van der Waals surface area (Å²) in [7, 11) is 0. The van der Waals surface area contributed by atoms with Crippen molar-refractivity contribution in [3.8, 4) is 0 Å². The Kier molecular flexibility index (Phi) is 3.00. The minimum Gasteiger partial charge on any atom is -0.321 e. The molecule has 2 heteroatoms. The fourth-order valence-corrected chi connectivity index (χ4v) is 1.10. The molecule has 1 aromatic carbocycles. The number of nitrogens with two attached hydrogens (primary N) is 1. The summed E-state index contributed by atoms with van der Waals surface area (Å²) in [5.74, 6) is 0.101. The monoisotopic (exact) mass is 163 g/mol. The number of aldehydes is 1. The van der Waals surface area contributed by atoms with Crippen LogP contribution in [0.15, 0.2) is 30.3 Å². The van der Waals surface area contributed by atoms with Crippen LogP contribution in [0, 0.1) is 0 Å². The van der Waals surface area contributed by atoms with Gasteiger partial charge in [-0.05, 0) is 5.56 Å². The van der Waals surface area contributed by atoms with Crippen molar-refractivity contribution < 1.29 is 4.79 Å². The van der Waals surface area contributed by atoms with Crippen LogP contribution in [0.1, 0.15) is 18.4 Å². The molecule has 1 aromatic rings. The number of benzene rings is 1. The zero-order valence-corrected chi connectivity index (χ0v) is 7.10. The van der Waals surface area contributed by atoms with Gasteiger partial charge in [-0.3, -0.25) is 0 Å². The highest BCUT2D eigenvalue weighted by atomic mass is 16.1. The van der Waals surface area contributed by atoms with Crippen LogP contribution in [0.3, 0.4) is 0 Å². The number of rotatable bonds is 3. The molecule has 0 aliphatic rings. The summed E-state index contributed by atoms with van der Waals surface area (Å²) in [6.07, 6.45) is 0.789. The topological polar surface area (TPSA) is 43.1 Å². The van der Waals surface area contributed by atoms with Crippen LogP contribution in [0.25, 0.3) is 0 Å². The van der Waals surface area contributed by atoms with E-state index in [1.54, 1.807) is 0 Å². The Morgan fingerprint density at radius 2 is 1.92 bits per heavy atom. The molecule has 0 aliphatic carbocycles. The average Bonchev–Trinajstić information content (AvgIpc) is 2.17. The first-order valence-corrected chi connectivity index (χ1v) is 4.01. The highest BCUT2D eigenvalue weighted by Gasteiger charge is 2.12. The Hall–Kier alpha value is -1.15. The normalized spacial score (nSPS) is 15.2. The zero-order chi connectivity index (χ0) is 8.97. The first kappa shape index (κ1) is 8.94. The standard InChI is InChI=1S/C10H13NO/c1-8(10(11)7-12)9-5-3-2-4-6-9/h2-8,10H,11H2,1H3/t8?,10-/m1/s1. The highest BCUT2D eigenvalue weighted by Crippen LogP contribution is 2.15. The van der Waals surface area contributed by atoms with Crippen LogP contribution in [0.2, 0.25) is 0 Å². The van der Waals surface area contributed by atoms with E-state index in [1.807, 2.05) is 37.3 Å². The first-order chi connectivity index (χ1) is 5.75. The second-order valence-corrected chi connectivity index (χ2v) is 2.91. The fraction of sp³-hybridized carbons (Fsp3) is 0.300. The molecule has 0 spiro atoms. The number of carbonyl (C=O) groups excluding carboxylic acids is 1. The molecule has 0 bridgehead atoms. The summed E-state index contributed by atoms with van der Waals surface area (Å²) in [6.45, 7) is 1.95. The predicted molar refractivity (Wildman–Crippen MR) is 48.9 cm³/mol. The molecule has 64 valence electrons. The summed E-state index contributed by atoms with van der Waals surface area (Å²) in [6, 6.07) is 9.41. The Morgan fingerprint density at radius 3 is 2.42 bits per heavy atom. The molecule has 0 amide bonds. The van der Waals surface area contributed by atoms with E-state index in [0.29, 0.717) is 0 Å². The van der Waals surface area contributed by atoms with Crippen molar-refractivity contribution in [2.75, 3.05) is 0 Å². The van der Waals surface area contributed by atoms with Crippen LogP contribution in [-0.2, 0) is 4.79 Å². The molecule has 0 radical (unpaired) electrons. The fourth-order valence-electron chi connectivity index (χ4n) is 1.10. The molecule has 1 unspecified atom stereocenters. The second kappa shape index (κ2) is 4.02. The molecule has 0 heterocycles. The van der Waals surface area contributed by atoms with Crippen LogP contribution in [0.4, 0.5) is 0 Å². The van der Waals surface area contributed by atoms with Gasteiger partial charge in [-0.15, -0.1) is 0 Å². The quantitative estimate of drug-likeness (QED) is 0.683. The summed E-state index contributed by atoms with van der Waals surface area (Å²) < 4.78 is 0. The van der Waals surface area contributed by atoms with E-state index in [9.17, 15) is 4.79 Å². The van der Waals surface area contributed by atoms with E-state index in [1.165, 1.54) is 0 Å². The van der Waals surface area contributed by atoms with Crippen LogP contribution >= 0.6 is 0 Å². The SMILES string of the molecule is CC(c1ccccc1)[C@H](N)C=O. The van der Waals surface area contributed by atoms with Crippen LogP contribution in [-0.4, -0.2) is 12.3 Å². The molecule has 1 rings (SSSR count). The molecule has 0 aliphatic heterocycles. The van der Waals surface area contributed by atoms with Crippen molar-refractivity contribution in [2.24, 2.45) is 5.73 Å². The van der Waals surface area contributed by atoms with E-state index >= 15 is 0 Å². The van der Waals surface area contributed by atoms with E-state index in [-0.39, 0.29) is 5.92 Å². The number of carbonyl (C=O) groups is 1. The molecule has 0 saturated heterocycles. The summed E-state index contributed by atoms with van der Waals surface area (Å²) in [5, 5.41) is 0. The zero-order valence-electron chi connectivity index (χ0n) is 7.10. The Balaban J connectivity index is 2.78. The molecular formula is C10H13NO. The third-order valence-electron chi connectivity index (χ3n) is 2.06. The lowest BCUT2D eigenvalue weighted by Crippen LogP contribution is -2.27. The maximum absolute atomic E-state index is 10.4. The van der Waals surface area contributed by atoms with Crippen molar-refractivity contribution >= 4 is 6.29 Å². The molecule has 0 saturated carbocycles. The summed E-state index contributed by atoms with van der Waals surface area (Å²) in [5.41, 5.74) is 6.69. The lowest BCUT2D eigenvalue weighted by molar-refractivity contribution is -0.109. The van der Waals surface area contributed by atoms with Crippen molar-refractivity contribution in [3.63, 3.8) is 0 Å². The third kappa shape index (κ3) is 1.92. The van der Waals surface area contributed by atoms with Gasteiger partial charge in [0.2, 0.25) is 0 Å². The minimum absolute atomic E-state index is 0.101. The van der Waals surface area contributed by atoms with Gasteiger partial charge >= 0.3 is 0 Å². The largest absolute Gasteiger partial charge is 0.321 e. The van der Waals surface area contributed by atoms with Gasteiger partial charge in [0.25, 0.3) is 0 Å². The van der Waals surface area contributed by atoms with Crippen molar-refractivity contribution in [3.05, 3.63) is 35.9 Å². The van der Waals surface area contributed by atoms with Gasteiger partial charge in [0, 0.05) is 5.92 Å². The maximum Gasteiger partial charge on any atom is 0.137 e.